The first kappa shape index (κ1) is 12.5. The Morgan fingerprint density at radius 1 is 1.29 bits per heavy atom. The zero-order valence-corrected chi connectivity index (χ0v) is 10.6. The van der Waals surface area contributed by atoms with Gasteiger partial charge in [-0.3, -0.25) is 0 Å². The van der Waals surface area contributed by atoms with Gasteiger partial charge in [-0.15, -0.1) is 11.3 Å². The number of rotatable bonds is 2. The van der Waals surface area contributed by atoms with Gasteiger partial charge in [-0.2, -0.15) is 0 Å². The van der Waals surface area contributed by atoms with Crippen molar-refractivity contribution < 1.29 is 8.78 Å². The van der Waals surface area contributed by atoms with Gasteiger partial charge in [0.1, 0.15) is 11.6 Å². The Kier molecular flexibility index (Phi) is 3.47. The Bertz CT molecular complexity index is 533. The molecule has 0 spiro atoms. The van der Waals surface area contributed by atoms with E-state index in [2.05, 4.69) is 0 Å². The molecule has 0 fully saturated rings. The molecule has 0 saturated carbocycles. The van der Waals surface area contributed by atoms with Gasteiger partial charge in [0, 0.05) is 10.4 Å². The first-order valence-electron chi connectivity index (χ1n) is 4.95. The van der Waals surface area contributed by atoms with Gasteiger partial charge in [-0.25, -0.2) is 8.78 Å². The molecule has 0 aliphatic heterocycles. The highest BCUT2D eigenvalue weighted by molar-refractivity contribution is 7.10. The Morgan fingerprint density at radius 3 is 2.35 bits per heavy atom. The van der Waals surface area contributed by atoms with E-state index in [1.54, 1.807) is 0 Å². The van der Waals surface area contributed by atoms with E-state index in [1.807, 2.05) is 12.3 Å². The smallest absolute Gasteiger partial charge is 0.131 e. The summed E-state index contributed by atoms with van der Waals surface area (Å²) in [6.45, 7) is 1.83. The largest absolute Gasteiger partial charge is 0.319 e. The molecule has 1 atom stereocenters. The monoisotopic (exact) mass is 273 g/mol. The lowest BCUT2D eigenvalue weighted by atomic mass is 10.0. The minimum absolute atomic E-state index is 0.142. The number of nitrogens with two attached hydrogens (primary N) is 1. The molecule has 0 aliphatic carbocycles. The lowest BCUT2D eigenvalue weighted by molar-refractivity contribution is 0.545. The summed E-state index contributed by atoms with van der Waals surface area (Å²) in [6.07, 6.45) is 0. The van der Waals surface area contributed by atoms with Crippen molar-refractivity contribution >= 4 is 22.9 Å². The Morgan fingerprint density at radius 2 is 1.88 bits per heavy atom. The third-order valence-corrected chi connectivity index (χ3v) is 4.32. The molecule has 2 N–H and O–H groups in total. The van der Waals surface area contributed by atoms with Crippen molar-refractivity contribution in [3.8, 4) is 0 Å². The van der Waals surface area contributed by atoms with Gasteiger partial charge in [-0.1, -0.05) is 17.7 Å². The molecule has 1 heterocycles. The molecule has 1 unspecified atom stereocenters. The summed E-state index contributed by atoms with van der Waals surface area (Å²) in [5.41, 5.74) is 6.60. The fraction of sp³-hybridized carbons (Fsp3) is 0.167. The van der Waals surface area contributed by atoms with Crippen LogP contribution in [-0.4, -0.2) is 0 Å². The molecular formula is C12H10ClF2NS. The molecule has 2 aromatic rings. The van der Waals surface area contributed by atoms with Crippen LogP contribution in [0.4, 0.5) is 8.78 Å². The van der Waals surface area contributed by atoms with E-state index < -0.39 is 17.7 Å². The number of aryl methyl sites for hydroxylation is 1. The Balaban J connectivity index is 2.51. The first-order valence-corrected chi connectivity index (χ1v) is 6.21. The van der Waals surface area contributed by atoms with E-state index in [9.17, 15) is 8.78 Å². The second-order valence-corrected chi connectivity index (χ2v) is 5.00. The quantitative estimate of drug-likeness (QED) is 0.878. The number of thiophene rings is 1. The third-order valence-electron chi connectivity index (χ3n) is 2.52. The summed E-state index contributed by atoms with van der Waals surface area (Å²) >= 11 is 7.35. The van der Waals surface area contributed by atoms with Crippen LogP contribution >= 0.6 is 22.9 Å². The minimum Gasteiger partial charge on any atom is -0.319 e. The zero-order chi connectivity index (χ0) is 12.6. The fourth-order valence-corrected chi connectivity index (χ4v) is 2.92. The molecule has 0 saturated heterocycles. The van der Waals surface area contributed by atoms with Crippen LogP contribution in [0.15, 0.2) is 23.6 Å². The van der Waals surface area contributed by atoms with Gasteiger partial charge in [0.25, 0.3) is 0 Å². The summed E-state index contributed by atoms with van der Waals surface area (Å²) in [5.74, 6) is -1.31. The first-order chi connectivity index (χ1) is 8.02. The van der Waals surface area contributed by atoms with Crippen molar-refractivity contribution in [2.24, 2.45) is 5.73 Å². The summed E-state index contributed by atoms with van der Waals surface area (Å²) in [4.78, 5) is 0.577. The number of hydrogen-bond acceptors (Lipinski definition) is 2. The minimum atomic E-state index is -0.873. The van der Waals surface area contributed by atoms with E-state index in [0.29, 0.717) is 9.90 Å². The van der Waals surface area contributed by atoms with Crippen LogP contribution in [0, 0.1) is 18.6 Å². The molecule has 90 valence electrons. The van der Waals surface area contributed by atoms with Crippen LogP contribution in [0.25, 0.3) is 0 Å². The number of hydrogen-bond donors (Lipinski definition) is 1. The van der Waals surface area contributed by atoms with Crippen LogP contribution < -0.4 is 5.73 Å². The number of benzene rings is 1. The van der Waals surface area contributed by atoms with Crippen molar-refractivity contribution in [3.63, 3.8) is 0 Å². The highest BCUT2D eigenvalue weighted by Crippen LogP contribution is 2.35. The normalized spacial score (nSPS) is 12.8. The summed E-state index contributed by atoms with van der Waals surface area (Å²) in [6, 6.07) is 2.81. The predicted octanol–water partition coefficient (Wildman–Crippen LogP) is 4.04. The summed E-state index contributed by atoms with van der Waals surface area (Å²) in [7, 11) is 0. The second-order valence-electron chi connectivity index (χ2n) is 3.71. The maximum absolute atomic E-state index is 13.6. The Labute approximate surface area is 107 Å². The Hall–Kier alpha value is -0.970. The van der Waals surface area contributed by atoms with Crippen molar-refractivity contribution in [2.75, 3.05) is 0 Å². The highest BCUT2D eigenvalue weighted by Gasteiger charge is 2.22. The topological polar surface area (TPSA) is 26.0 Å². The predicted molar refractivity (Wildman–Crippen MR) is 66.5 cm³/mol. The molecular weight excluding hydrogens is 264 g/mol. The van der Waals surface area contributed by atoms with Crippen molar-refractivity contribution in [1.29, 1.82) is 0 Å². The van der Waals surface area contributed by atoms with Crippen LogP contribution in [-0.2, 0) is 0 Å². The molecule has 1 aromatic heterocycles. The lowest BCUT2D eigenvalue weighted by Crippen LogP contribution is -2.14. The van der Waals surface area contributed by atoms with Crippen LogP contribution in [0.1, 0.15) is 22.0 Å². The van der Waals surface area contributed by atoms with Crippen molar-refractivity contribution in [3.05, 3.63) is 56.2 Å². The lowest BCUT2D eigenvalue weighted by Gasteiger charge is -2.13. The van der Waals surface area contributed by atoms with Crippen LogP contribution in [0.2, 0.25) is 5.02 Å². The van der Waals surface area contributed by atoms with Gasteiger partial charge in [0.05, 0.1) is 11.1 Å². The van der Waals surface area contributed by atoms with Gasteiger partial charge in [0.15, 0.2) is 0 Å². The van der Waals surface area contributed by atoms with Crippen LogP contribution in [0.5, 0.6) is 0 Å². The van der Waals surface area contributed by atoms with Crippen molar-refractivity contribution in [2.45, 2.75) is 13.0 Å². The molecule has 1 nitrogen and oxygen atoms in total. The standard InChI is InChI=1S/C12H10ClF2NS/c1-6-5-17-12(10(6)13)11(16)9-7(14)3-2-4-8(9)15/h2-5,11H,16H2,1H3. The van der Waals surface area contributed by atoms with Gasteiger partial charge < -0.3 is 5.73 Å². The molecule has 2 rings (SSSR count). The highest BCUT2D eigenvalue weighted by atomic mass is 35.5. The molecule has 1 aromatic carbocycles. The van der Waals surface area contributed by atoms with E-state index in [-0.39, 0.29) is 5.56 Å². The molecule has 0 aliphatic rings. The molecule has 0 radical (unpaired) electrons. The average Bonchev–Trinajstić information content (AvgIpc) is 2.59. The molecule has 0 amide bonds. The van der Waals surface area contributed by atoms with E-state index >= 15 is 0 Å². The van der Waals surface area contributed by atoms with Gasteiger partial charge in [0.2, 0.25) is 0 Å². The average molecular weight is 274 g/mol. The van der Waals surface area contributed by atoms with E-state index in [4.69, 9.17) is 17.3 Å². The molecule has 17 heavy (non-hydrogen) atoms. The summed E-state index contributed by atoms with van der Waals surface area (Å²) in [5, 5.41) is 2.29. The molecule has 0 bridgehead atoms. The van der Waals surface area contributed by atoms with Gasteiger partial charge in [-0.05, 0) is 30.0 Å². The van der Waals surface area contributed by atoms with Gasteiger partial charge >= 0.3 is 0 Å². The molecule has 5 heteroatoms. The van der Waals surface area contributed by atoms with E-state index in [1.165, 1.54) is 29.5 Å². The SMILES string of the molecule is Cc1csc(C(N)c2c(F)cccc2F)c1Cl. The van der Waals surface area contributed by atoms with Crippen molar-refractivity contribution in [1.82, 2.24) is 0 Å². The maximum Gasteiger partial charge on any atom is 0.131 e. The third kappa shape index (κ3) is 2.20. The fourth-order valence-electron chi connectivity index (χ4n) is 1.60. The summed E-state index contributed by atoms with van der Waals surface area (Å²) < 4.78 is 27.1. The zero-order valence-electron chi connectivity index (χ0n) is 9.01. The second kappa shape index (κ2) is 4.72. The van der Waals surface area contributed by atoms with Crippen LogP contribution in [0.3, 0.4) is 0 Å². The van der Waals surface area contributed by atoms with E-state index in [0.717, 1.165) is 5.56 Å². The number of halogens is 3. The maximum atomic E-state index is 13.6.